The summed E-state index contributed by atoms with van der Waals surface area (Å²) in [5.74, 6) is -0.577. The zero-order valence-corrected chi connectivity index (χ0v) is 18.5. The minimum absolute atomic E-state index is 0.217. The number of primary amides is 1. The van der Waals surface area contributed by atoms with Crippen LogP contribution in [0.1, 0.15) is 31.3 Å². The van der Waals surface area contributed by atoms with Gasteiger partial charge in [-0.05, 0) is 37.6 Å². The van der Waals surface area contributed by atoms with E-state index in [1.807, 2.05) is 37.3 Å². The van der Waals surface area contributed by atoms with Crippen molar-refractivity contribution in [3.8, 4) is 22.6 Å². The number of thiophene rings is 1. The number of carbonyl (C=O) groups excluding carboxylic acids is 2. The Bertz CT molecular complexity index is 1500. The topological polar surface area (TPSA) is 124 Å². The Morgan fingerprint density at radius 1 is 1.09 bits per heavy atom. The zero-order chi connectivity index (χ0) is 23.1. The van der Waals surface area contributed by atoms with E-state index < -0.39 is 11.8 Å². The summed E-state index contributed by atoms with van der Waals surface area (Å²) in [6, 6.07) is 14.5. The molecule has 0 aliphatic rings. The molecule has 2 amide bonds. The minimum atomic E-state index is -0.620. The van der Waals surface area contributed by atoms with Crippen molar-refractivity contribution in [3.05, 3.63) is 76.5 Å². The Hall–Kier alpha value is -4.24. The van der Waals surface area contributed by atoms with Crippen molar-refractivity contribution in [3.63, 3.8) is 0 Å². The lowest BCUT2D eigenvalue weighted by atomic mass is 10.0. The molecule has 3 N–H and O–H groups in total. The fourth-order valence-electron chi connectivity index (χ4n) is 3.82. The quantitative estimate of drug-likeness (QED) is 0.374. The van der Waals surface area contributed by atoms with Crippen LogP contribution in [-0.4, -0.2) is 22.0 Å². The number of fused-ring (bicyclic) bond motifs is 1. The lowest BCUT2D eigenvalue weighted by Crippen LogP contribution is -2.18. The number of aryl methyl sites for hydroxylation is 2. The van der Waals surface area contributed by atoms with Crippen LogP contribution in [0.25, 0.3) is 33.7 Å². The third-order valence-corrected chi connectivity index (χ3v) is 6.28. The Morgan fingerprint density at radius 2 is 1.88 bits per heavy atom. The number of nitrogens with zero attached hydrogens (tertiary/aromatic N) is 2. The van der Waals surface area contributed by atoms with Gasteiger partial charge in [-0.3, -0.25) is 9.59 Å². The molecular weight excluding hydrogens is 440 g/mol. The average Bonchev–Trinajstić information content (AvgIpc) is 3.53. The minimum Gasteiger partial charge on any atom is -0.463 e. The van der Waals surface area contributed by atoms with Crippen LogP contribution in [0.5, 0.6) is 0 Å². The molecule has 8 nitrogen and oxygen atoms in total. The summed E-state index contributed by atoms with van der Waals surface area (Å²) in [6.45, 7) is 3.62. The van der Waals surface area contributed by atoms with Crippen molar-refractivity contribution in [2.75, 3.05) is 5.32 Å². The molecule has 164 valence electrons. The van der Waals surface area contributed by atoms with Crippen LogP contribution in [-0.2, 0) is 0 Å². The fourth-order valence-corrected chi connectivity index (χ4v) is 4.89. The standard InChI is InChI=1S/C24H18N4O4S/c1-12-18-15(11-16(17-9-6-10-31-17)26-23(18)32-28-12)22(30)27-24-20(21(25)29)19(13(2)33-24)14-7-4-3-5-8-14/h3-11H,1-2H3,(H2,25,29)(H,27,30). The molecule has 0 aliphatic carbocycles. The highest BCUT2D eigenvalue weighted by molar-refractivity contribution is 7.17. The van der Waals surface area contributed by atoms with Crippen molar-refractivity contribution in [2.45, 2.75) is 13.8 Å². The number of amides is 2. The molecule has 0 saturated carbocycles. The molecule has 0 aliphatic heterocycles. The van der Waals surface area contributed by atoms with Gasteiger partial charge in [0.05, 0.1) is 28.5 Å². The second-order valence-corrected chi connectivity index (χ2v) is 8.63. The van der Waals surface area contributed by atoms with Gasteiger partial charge < -0.3 is 20.0 Å². The van der Waals surface area contributed by atoms with E-state index in [2.05, 4.69) is 15.5 Å². The van der Waals surface area contributed by atoms with E-state index in [-0.39, 0.29) is 11.3 Å². The highest BCUT2D eigenvalue weighted by Gasteiger charge is 2.25. The van der Waals surface area contributed by atoms with E-state index in [1.165, 1.54) is 17.6 Å². The number of nitrogens with two attached hydrogens (primary N) is 1. The van der Waals surface area contributed by atoms with Crippen molar-refractivity contribution in [2.24, 2.45) is 5.73 Å². The van der Waals surface area contributed by atoms with E-state index in [4.69, 9.17) is 14.7 Å². The molecule has 4 heterocycles. The van der Waals surface area contributed by atoms with E-state index in [9.17, 15) is 9.59 Å². The number of hydrogen-bond acceptors (Lipinski definition) is 7. The van der Waals surface area contributed by atoms with Gasteiger partial charge in [-0.15, -0.1) is 11.3 Å². The normalized spacial score (nSPS) is 11.1. The van der Waals surface area contributed by atoms with Gasteiger partial charge in [-0.25, -0.2) is 4.98 Å². The summed E-state index contributed by atoms with van der Waals surface area (Å²) in [7, 11) is 0. The number of furan rings is 1. The van der Waals surface area contributed by atoms with Crippen LogP contribution in [0, 0.1) is 13.8 Å². The molecule has 5 aromatic rings. The second-order valence-electron chi connectivity index (χ2n) is 7.40. The van der Waals surface area contributed by atoms with E-state index in [0.717, 1.165) is 10.4 Å². The first-order valence-electron chi connectivity index (χ1n) is 10.0. The number of nitrogens with one attached hydrogen (secondary N) is 1. The smallest absolute Gasteiger partial charge is 0.259 e. The number of aromatic nitrogens is 2. The summed E-state index contributed by atoms with van der Waals surface area (Å²) in [5, 5.41) is 7.69. The first-order chi connectivity index (χ1) is 15.9. The molecule has 4 aromatic heterocycles. The Balaban J connectivity index is 1.61. The molecule has 0 bridgehead atoms. The lowest BCUT2D eigenvalue weighted by Gasteiger charge is -2.08. The third kappa shape index (κ3) is 3.58. The second kappa shape index (κ2) is 8.03. The summed E-state index contributed by atoms with van der Waals surface area (Å²) < 4.78 is 10.7. The van der Waals surface area contributed by atoms with E-state index in [1.54, 1.807) is 25.1 Å². The predicted molar refractivity (Wildman–Crippen MR) is 125 cm³/mol. The molecule has 0 atom stereocenters. The molecule has 5 rings (SSSR count). The molecule has 33 heavy (non-hydrogen) atoms. The van der Waals surface area contributed by atoms with E-state index >= 15 is 0 Å². The fraction of sp³-hybridized carbons (Fsp3) is 0.0833. The molecule has 0 unspecified atom stereocenters. The largest absolute Gasteiger partial charge is 0.463 e. The maximum Gasteiger partial charge on any atom is 0.259 e. The van der Waals surface area contributed by atoms with Gasteiger partial charge in [-0.2, -0.15) is 0 Å². The van der Waals surface area contributed by atoms with Gasteiger partial charge in [-0.1, -0.05) is 35.5 Å². The summed E-state index contributed by atoms with van der Waals surface area (Å²) >= 11 is 1.29. The molecule has 0 fully saturated rings. The number of pyridine rings is 1. The summed E-state index contributed by atoms with van der Waals surface area (Å²) in [6.07, 6.45) is 1.52. The van der Waals surface area contributed by atoms with Gasteiger partial charge in [0.15, 0.2) is 5.76 Å². The van der Waals surface area contributed by atoms with Crippen molar-refractivity contribution in [1.29, 1.82) is 0 Å². The molecular formula is C24H18N4O4S. The summed E-state index contributed by atoms with van der Waals surface area (Å²) in [5.41, 5.74) is 9.03. The Kier molecular flexibility index (Phi) is 5.02. The van der Waals surface area contributed by atoms with Crippen LogP contribution < -0.4 is 11.1 Å². The van der Waals surface area contributed by atoms with Crippen molar-refractivity contribution >= 4 is 39.3 Å². The number of carbonyl (C=O) groups is 2. The Labute approximate surface area is 192 Å². The SMILES string of the molecule is Cc1sc(NC(=O)c2cc(-c3ccco3)nc3onc(C)c23)c(C(N)=O)c1-c1ccccc1. The first-order valence-corrected chi connectivity index (χ1v) is 10.9. The molecule has 9 heteroatoms. The molecule has 0 radical (unpaired) electrons. The highest BCUT2D eigenvalue weighted by Crippen LogP contribution is 2.40. The van der Waals surface area contributed by atoms with Crippen molar-refractivity contribution in [1.82, 2.24) is 10.1 Å². The van der Waals surface area contributed by atoms with Gasteiger partial charge in [0.25, 0.3) is 17.5 Å². The van der Waals surface area contributed by atoms with Crippen LogP contribution in [0.15, 0.2) is 63.7 Å². The first kappa shape index (κ1) is 20.7. The van der Waals surface area contributed by atoms with Crippen LogP contribution in [0.2, 0.25) is 0 Å². The third-order valence-electron chi connectivity index (χ3n) is 5.26. The zero-order valence-electron chi connectivity index (χ0n) is 17.7. The average molecular weight is 458 g/mol. The molecule has 1 aromatic carbocycles. The van der Waals surface area contributed by atoms with Crippen LogP contribution in [0.4, 0.5) is 5.00 Å². The van der Waals surface area contributed by atoms with E-state index in [0.29, 0.717) is 38.7 Å². The maximum atomic E-state index is 13.4. The monoisotopic (exact) mass is 458 g/mol. The number of benzene rings is 1. The molecule has 0 spiro atoms. The van der Waals surface area contributed by atoms with Gasteiger partial charge in [0, 0.05) is 10.4 Å². The number of hydrogen-bond donors (Lipinski definition) is 2. The summed E-state index contributed by atoms with van der Waals surface area (Å²) in [4.78, 5) is 31.1. The van der Waals surface area contributed by atoms with Gasteiger partial charge in [0.1, 0.15) is 10.7 Å². The van der Waals surface area contributed by atoms with Crippen molar-refractivity contribution < 1.29 is 18.5 Å². The molecule has 0 saturated heterocycles. The number of anilines is 1. The van der Waals surface area contributed by atoms with Crippen LogP contribution >= 0.6 is 11.3 Å². The van der Waals surface area contributed by atoms with Crippen LogP contribution in [0.3, 0.4) is 0 Å². The lowest BCUT2D eigenvalue weighted by molar-refractivity contribution is 0.100. The maximum absolute atomic E-state index is 13.4. The van der Waals surface area contributed by atoms with Gasteiger partial charge in [0.2, 0.25) is 0 Å². The number of rotatable bonds is 5. The van der Waals surface area contributed by atoms with Gasteiger partial charge >= 0.3 is 0 Å². The highest BCUT2D eigenvalue weighted by atomic mass is 32.1. The Morgan fingerprint density at radius 3 is 2.58 bits per heavy atom. The predicted octanol–water partition coefficient (Wildman–Crippen LogP) is 5.18.